The van der Waals surface area contributed by atoms with E-state index in [2.05, 4.69) is 50.2 Å². The maximum Gasteiger partial charge on any atom is 0.305 e. The number of rotatable bonds is 5. The Labute approximate surface area is 204 Å². The van der Waals surface area contributed by atoms with Crippen molar-refractivity contribution < 1.29 is 9.53 Å². The Kier molecular flexibility index (Phi) is 5.29. The van der Waals surface area contributed by atoms with Gasteiger partial charge in [0.1, 0.15) is 12.4 Å². The number of hydrogen-bond acceptors (Lipinski definition) is 5. The van der Waals surface area contributed by atoms with Crippen LogP contribution >= 0.6 is 15.9 Å². The molecule has 0 spiro atoms. The van der Waals surface area contributed by atoms with Gasteiger partial charge in [0.15, 0.2) is 5.52 Å². The number of carbonyl (C=O) groups is 1. The topological polar surface area (TPSA) is 74.1 Å². The summed E-state index contributed by atoms with van der Waals surface area (Å²) in [6, 6.07) is 18.3. The minimum absolute atomic E-state index is 0.0483. The van der Waals surface area contributed by atoms with Crippen LogP contribution in [-0.2, 0) is 16.0 Å². The van der Waals surface area contributed by atoms with Crippen LogP contribution in [0.3, 0.4) is 0 Å². The molecule has 170 valence electrons. The Bertz CT molecular complexity index is 1450. The number of esters is 1. The summed E-state index contributed by atoms with van der Waals surface area (Å²) in [6.07, 6.45) is 3.92. The molecule has 7 heteroatoms. The lowest BCUT2D eigenvalue weighted by Crippen LogP contribution is -2.25. The normalized spacial score (nSPS) is 16.3. The highest BCUT2D eigenvalue weighted by Gasteiger charge is 2.30. The quantitative estimate of drug-likeness (QED) is 0.342. The second-order valence-electron chi connectivity index (χ2n) is 8.87. The van der Waals surface area contributed by atoms with Gasteiger partial charge in [-0.3, -0.25) is 14.2 Å². The van der Waals surface area contributed by atoms with E-state index < -0.39 is 0 Å². The minimum Gasteiger partial charge on any atom is -0.465 e. The standard InChI is InChI=1S/C27H22BrN3O3/c28-16-13-23-26(29-14-16)27(33)31-17(9-11-24(31)30-23)10-12-25(32)34-15-22-20-7-3-1-5-18(20)19-6-2-4-8-21(19)22/h1-8,13-14,17,22H,9-12,15H2. The SMILES string of the molecule is O=C(CCC1CCc2nc3cc(Br)cnc3c(=O)n21)OCC1c2ccccc2-c2ccccc21. The predicted octanol–water partition coefficient (Wildman–Crippen LogP) is 5.18. The van der Waals surface area contributed by atoms with Crippen LogP contribution in [0.2, 0.25) is 0 Å². The summed E-state index contributed by atoms with van der Waals surface area (Å²) in [7, 11) is 0. The highest BCUT2D eigenvalue weighted by atomic mass is 79.9. The van der Waals surface area contributed by atoms with Crippen LogP contribution in [0.15, 0.2) is 70.1 Å². The van der Waals surface area contributed by atoms with Crippen LogP contribution in [-0.4, -0.2) is 27.1 Å². The Morgan fingerprint density at radius 1 is 1.09 bits per heavy atom. The van der Waals surface area contributed by atoms with Gasteiger partial charge >= 0.3 is 5.97 Å². The lowest BCUT2D eigenvalue weighted by Gasteiger charge is -2.16. The molecular weight excluding hydrogens is 494 g/mol. The lowest BCUT2D eigenvalue weighted by molar-refractivity contribution is -0.144. The summed E-state index contributed by atoms with van der Waals surface area (Å²) < 4.78 is 8.26. The van der Waals surface area contributed by atoms with Crippen LogP contribution < -0.4 is 5.56 Å². The maximum atomic E-state index is 13.0. The highest BCUT2D eigenvalue weighted by Crippen LogP contribution is 2.44. The molecule has 0 bridgehead atoms. The zero-order chi connectivity index (χ0) is 23.2. The zero-order valence-electron chi connectivity index (χ0n) is 18.4. The highest BCUT2D eigenvalue weighted by molar-refractivity contribution is 9.10. The van der Waals surface area contributed by atoms with E-state index in [9.17, 15) is 9.59 Å². The third-order valence-electron chi connectivity index (χ3n) is 6.90. The molecule has 0 radical (unpaired) electrons. The Balaban J connectivity index is 1.14. The van der Waals surface area contributed by atoms with Crippen LogP contribution in [0.4, 0.5) is 0 Å². The van der Waals surface area contributed by atoms with Gasteiger partial charge < -0.3 is 4.74 Å². The maximum absolute atomic E-state index is 13.0. The van der Waals surface area contributed by atoms with Crippen LogP contribution in [0.25, 0.3) is 22.2 Å². The summed E-state index contributed by atoms with van der Waals surface area (Å²) in [5.41, 5.74) is 5.64. The van der Waals surface area contributed by atoms with Crippen molar-refractivity contribution in [2.45, 2.75) is 37.6 Å². The van der Waals surface area contributed by atoms with E-state index in [1.165, 1.54) is 22.3 Å². The molecule has 0 saturated heterocycles. The summed E-state index contributed by atoms with van der Waals surface area (Å²) in [5, 5.41) is 0. The number of carbonyl (C=O) groups excluding carboxylic acids is 1. The average Bonchev–Trinajstić information content (AvgIpc) is 3.40. The van der Waals surface area contributed by atoms with Crippen molar-refractivity contribution in [2.75, 3.05) is 6.61 Å². The molecule has 0 N–H and O–H groups in total. The largest absolute Gasteiger partial charge is 0.465 e. The van der Waals surface area contributed by atoms with Crippen LogP contribution in [0, 0.1) is 0 Å². The van der Waals surface area contributed by atoms with Gasteiger partial charge in [-0.2, -0.15) is 0 Å². The van der Waals surface area contributed by atoms with Crippen molar-refractivity contribution in [3.8, 4) is 11.1 Å². The summed E-state index contributed by atoms with van der Waals surface area (Å²) in [5.74, 6) is 0.571. The molecule has 0 saturated carbocycles. The Morgan fingerprint density at radius 2 is 1.79 bits per heavy atom. The third-order valence-corrected chi connectivity index (χ3v) is 7.34. The van der Waals surface area contributed by atoms with E-state index in [1.54, 1.807) is 10.8 Å². The van der Waals surface area contributed by atoms with Crippen molar-refractivity contribution >= 4 is 32.9 Å². The van der Waals surface area contributed by atoms with Gasteiger partial charge in [-0.15, -0.1) is 0 Å². The number of aryl methyl sites for hydroxylation is 1. The van der Waals surface area contributed by atoms with E-state index in [-0.39, 0.29) is 29.9 Å². The van der Waals surface area contributed by atoms with Crippen LogP contribution in [0.5, 0.6) is 0 Å². The van der Waals surface area contributed by atoms with Gasteiger partial charge in [-0.05, 0) is 57.1 Å². The molecule has 1 aliphatic carbocycles. The number of nitrogens with zero attached hydrogens (tertiary/aromatic N) is 3. The summed E-state index contributed by atoms with van der Waals surface area (Å²) in [4.78, 5) is 34.6. The van der Waals surface area contributed by atoms with E-state index in [0.29, 0.717) is 30.5 Å². The number of halogens is 1. The molecule has 2 aromatic heterocycles. The van der Waals surface area contributed by atoms with Crippen molar-refractivity contribution in [3.63, 3.8) is 0 Å². The fourth-order valence-electron chi connectivity index (χ4n) is 5.33. The molecular formula is C27H22BrN3O3. The van der Waals surface area contributed by atoms with E-state index >= 15 is 0 Å². The fourth-order valence-corrected chi connectivity index (χ4v) is 5.65. The second kappa shape index (κ2) is 8.47. The fraction of sp³-hybridized carbons (Fsp3) is 0.259. The van der Waals surface area contributed by atoms with Crippen LogP contribution in [0.1, 0.15) is 48.2 Å². The molecule has 3 heterocycles. The zero-order valence-corrected chi connectivity index (χ0v) is 20.0. The van der Waals surface area contributed by atoms with Crippen molar-refractivity contribution in [1.82, 2.24) is 14.5 Å². The number of fused-ring (bicyclic) bond motifs is 5. The number of aromatic nitrogens is 3. The van der Waals surface area contributed by atoms with Gasteiger partial charge in [-0.1, -0.05) is 48.5 Å². The lowest BCUT2D eigenvalue weighted by atomic mass is 9.98. The molecule has 0 fully saturated rings. The molecule has 6 rings (SSSR count). The third kappa shape index (κ3) is 3.55. The summed E-state index contributed by atoms with van der Waals surface area (Å²) in [6.45, 7) is 0.319. The van der Waals surface area contributed by atoms with E-state index in [4.69, 9.17) is 4.74 Å². The van der Waals surface area contributed by atoms with E-state index in [1.807, 2.05) is 30.3 Å². The van der Waals surface area contributed by atoms with Crippen molar-refractivity contribution in [3.05, 3.63) is 92.6 Å². The average molecular weight is 516 g/mol. The van der Waals surface area contributed by atoms with Gasteiger partial charge in [-0.25, -0.2) is 9.97 Å². The second-order valence-corrected chi connectivity index (χ2v) is 9.78. The van der Waals surface area contributed by atoms with Gasteiger partial charge in [0.05, 0.1) is 5.52 Å². The molecule has 4 aromatic rings. The number of hydrogen-bond donors (Lipinski definition) is 0. The minimum atomic E-state index is -0.237. The number of pyridine rings is 1. The van der Waals surface area contributed by atoms with Crippen molar-refractivity contribution in [1.29, 1.82) is 0 Å². The van der Waals surface area contributed by atoms with Gasteiger partial charge in [0, 0.05) is 35.5 Å². The summed E-state index contributed by atoms with van der Waals surface area (Å²) >= 11 is 3.38. The Hall–Kier alpha value is -3.32. The smallest absolute Gasteiger partial charge is 0.305 e. The van der Waals surface area contributed by atoms with Gasteiger partial charge in [0.2, 0.25) is 0 Å². The number of ether oxygens (including phenoxy) is 1. The molecule has 1 aliphatic heterocycles. The monoisotopic (exact) mass is 515 g/mol. The first-order valence-electron chi connectivity index (χ1n) is 11.5. The number of benzene rings is 2. The molecule has 2 aromatic carbocycles. The molecule has 1 unspecified atom stereocenters. The van der Waals surface area contributed by atoms with E-state index in [0.717, 1.165) is 16.7 Å². The first kappa shape index (κ1) is 21.2. The Morgan fingerprint density at radius 3 is 2.53 bits per heavy atom. The first-order chi connectivity index (χ1) is 16.6. The predicted molar refractivity (Wildman–Crippen MR) is 133 cm³/mol. The molecule has 6 nitrogen and oxygen atoms in total. The first-order valence-corrected chi connectivity index (χ1v) is 12.3. The molecule has 2 aliphatic rings. The van der Waals surface area contributed by atoms with Gasteiger partial charge in [0.25, 0.3) is 5.56 Å². The van der Waals surface area contributed by atoms with Crippen molar-refractivity contribution in [2.24, 2.45) is 0 Å². The molecule has 1 atom stereocenters. The molecule has 34 heavy (non-hydrogen) atoms. The molecule has 0 amide bonds.